The molecule has 2 rings (SSSR count). The normalized spacial score (nSPS) is 37.6. The van der Waals surface area contributed by atoms with Gasteiger partial charge in [-0.15, -0.1) is 0 Å². The van der Waals surface area contributed by atoms with Crippen LogP contribution >= 0.6 is 0 Å². The lowest BCUT2D eigenvalue weighted by atomic mass is 9.71. The Balaban J connectivity index is 2.04. The van der Waals surface area contributed by atoms with Crippen molar-refractivity contribution in [3.05, 3.63) is 0 Å². The summed E-state index contributed by atoms with van der Waals surface area (Å²) in [7, 11) is 0. The first-order chi connectivity index (χ1) is 9.01. The molecule has 0 bridgehead atoms. The van der Waals surface area contributed by atoms with Gasteiger partial charge in [0.15, 0.2) is 5.60 Å². The summed E-state index contributed by atoms with van der Waals surface area (Å²) in [5, 5.41) is 0. The minimum atomic E-state index is -0.611. The molecule has 2 aliphatic rings. The smallest absolute Gasteiger partial charge is 0.341 e. The first kappa shape index (κ1) is 14.8. The number of ether oxygens (including phenoxy) is 2. The maximum Gasteiger partial charge on any atom is 0.341 e. The Hall–Kier alpha value is -0.570. The second-order valence-electron chi connectivity index (χ2n) is 6.48. The molecule has 0 aromatic heterocycles. The van der Waals surface area contributed by atoms with Crippen molar-refractivity contribution in [2.75, 3.05) is 6.61 Å². The number of epoxide rings is 1. The van der Waals surface area contributed by atoms with Gasteiger partial charge in [0.2, 0.25) is 0 Å². The summed E-state index contributed by atoms with van der Waals surface area (Å²) in [6.45, 7) is 9.00. The first-order valence-electron chi connectivity index (χ1n) is 7.88. The fourth-order valence-electron chi connectivity index (χ4n) is 3.80. The van der Waals surface area contributed by atoms with Crippen molar-refractivity contribution in [2.45, 2.75) is 77.4 Å². The van der Waals surface area contributed by atoms with Gasteiger partial charge in [-0.3, -0.25) is 0 Å². The molecule has 1 saturated carbocycles. The molecule has 0 aromatic rings. The minimum Gasteiger partial charge on any atom is -0.464 e. The van der Waals surface area contributed by atoms with E-state index in [4.69, 9.17) is 9.47 Å². The first-order valence-corrected chi connectivity index (χ1v) is 7.88. The van der Waals surface area contributed by atoms with Crippen molar-refractivity contribution >= 4 is 5.97 Å². The Morgan fingerprint density at radius 3 is 2.42 bits per heavy atom. The molecule has 1 atom stereocenters. The lowest BCUT2D eigenvalue weighted by Crippen LogP contribution is -2.38. The molecule has 1 aliphatic carbocycles. The molecule has 0 aromatic carbocycles. The molecule has 3 nitrogen and oxygen atoms in total. The van der Waals surface area contributed by atoms with Crippen molar-refractivity contribution in [1.82, 2.24) is 0 Å². The lowest BCUT2D eigenvalue weighted by molar-refractivity contribution is -0.150. The molecule has 1 heterocycles. The van der Waals surface area contributed by atoms with Crippen LogP contribution < -0.4 is 0 Å². The molecule has 0 N–H and O–H groups in total. The zero-order chi connectivity index (χ0) is 14.1. The largest absolute Gasteiger partial charge is 0.464 e. The van der Waals surface area contributed by atoms with Gasteiger partial charge in [0.25, 0.3) is 0 Å². The van der Waals surface area contributed by atoms with Crippen molar-refractivity contribution in [3.63, 3.8) is 0 Å². The molecule has 0 radical (unpaired) electrons. The van der Waals surface area contributed by atoms with Gasteiger partial charge >= 0.3 is 5.97 Å². The number of carbonyl (C=O) groups is 1. The predicted molar refractivity (Wildman–Crippen MR) is 74.9 cm³/mol. The van der Waals surface area contributed by atoms with Crippen LogP contribution in [0.2, 0.25) is 0 Å². The van der Waals surface area contributed by atoms with Gasteiger partial charge < -0.3 is 9.47 Å². The van der Waals surface area contributed by atoms with E-state index in [2.05, 4.69) is 20.8 Å². The molecule has 1 unspecified atom stereocenters. The highest BCUT2D eigenvalue weighted by atomic mass is 16.7. The van der Waals surface area contributed by atoms with Gasteiger partial charge in [-0.05, 0) is 50.9 Å². The quantitative estimate of drug-likeness (QED) is 0.563. The van der Waals surface area contributed by atoms with E-state index in [1.54, 1.807) is 0 Å². The van der Waals surface area contributed by atoms with Crippen LogP contribution in [0.4, 0.5) is 0 Å². The molecule has 3 heteroatoms. The van der Waals surface area contributed by atoms with Crippen molar-refractivity contribution < 1.29 is 14.3 Å². The van der Waals surface area contributed by atoms with Gasteiger partial charge in [-0.1, -0.05) is 27.2 Å². The van der Waals surface area contributed by atoms with Crippen LogP contribution in [0.1, 0.15) is 66.2 Å². The van der Waals surface area contributed by atoms with E-state index in [-0.39, 0.29) is 11.6 Å². The number of esters is 1. The van der Waals surface area contributed by atoms with Crippen LogP contribution in [0.5, 0.6) is 0 Å². The Labute approximate surface area is 117 Å². The van der Waals surface area contributed by atoms with E-state index in [1.807, 2.05) is 6.92 Å². The second-order valence-corrected chi connectivity index (χ2v) is 6.48. The second kappa shape index (κ2) is 5.43. The molecule has 19 heavy (non-hydrogen) atoms. The standard InChI is InChI=1S/C16H28O3/c1-5-9-16(14(17)18-6-2)15(19-16)10-7-13(8-11-15)12(3)4/h12-13H,5-11H2,1-4H3. The van der Waals surface area contributed by atoms with Gasteiger partial charge in [0, 0.05) is 0 Å². The molecular weight excluding hydrogens is 240 g/mol. The number of carbonyl (C=O) groups excluding carboxylic acids is 1. The van der Waals surface area contributed by atoms with Crippen LogP contribution in [0.25, 0.3) is 0 Å². The molecule has 2 fully saturated rings. The summed E-state index contributed by atoms with van der Waals surface area (Å²) in [6, 6.07) is 0. The molecule has 0 amide bonds. The van der Waals surface area contributed by atoms with Gasteiger partial charge in [-0.25, -0.2) is 4.79 Å². The number of hydrogen-bond donors (Lipinski definition) is 0. The highest BCUT2D eigenvalue weighted by Crippen LogP contribution is 2.60. The highest BCUT2D eigenvalue weighted by molar-refractivity contribution is 5.85. The molecule has 110 valence electrons. The molecule has 1 aliphatic heterocycles. The fourth-order valence-corrected chi connectivity index (χ4v) is 3.80. The van der Waals surface area contributed by atoms with Crippen LogP contribution in [-0.4, -0.2) is 23.8 Å². The average Bonchev–Trinajstić information content (AvgIpc) is 2.99. The molecular formula is C16H28O3. The summed E-state index contributed by atoms with van der Waals surface area (Å²) in [4.78, 5) is 12.3. The molecule has 1 saturated heterocycles. The zero-order valence-corrected chi connectivity index (χ0v) is 12.8. The monoisotopic (exact) mass is 268 g/mol. The van der Waals surface area contributed by atoms with Crippen LogP contribution in [0, 0.1) is 11.8 Å². The lowest BCUT2D eigenvalue weighted by Gasteiger charge is -2.30. The van der Waals surface area contributed by atoms with Crippen molar-refractivity contribution in [2.24, 2.45) is 11.8 Å². The van der Waals surface area contributed by atoms with Crippen molar-refractivity contribution in [1.29, 1.82) is 0 Å². The van der Waals surface area contributed by atoms with Gasteiger partial charge in [-0.2, -0.15) is 0 Å². The summed E-state index contributed by atoms with van der Waals surface area (Å²) in [5.41, 5.74) is -0.805. The summed E-state index contributed by atoms with van der Waals surface area (Å²) in [6.07, 6.45) is 6.18. The Kier molecular flexibility index (Phi) is 4.24. The van der Waals surface area contributed by atoms with Crippen LogP contribution in [-0.2, 0) is 14.3 Å². The summed E-state index contributed by atoms with van der Waals surface area (Å²) >= 11 is 0. The Morgan fingerprint density at radius 2 is 1.95 bits per heavy atom. The highest BCUT2D eigenvalue weighted by Gasteiger charge is 2.74. The molecule has 1 spiro atoms. The third-order valence-electron chi connectivity index (χ3n) is 5.05. The topological polar surface area (TPSA) is 38.8 Å². The van der Waals surface area contributed by atoms with E-state index in [9.17, 15) is 4.79 Å². The van der Waals surface area contributed by atoms with Gasteiger partial charge in [0.05, 0.1) is 6.61 Å². The van der Waals surface area contributed by atoms with E-state index in [0.717, 1.165) is 37.5 Å². The third-order valence-corrected chi connectivity index (χ3v) is 5.05. The van der Waals surface area contributed by atoms with Gasteiger partial charge in [0.1, 0.15) is 5.60 Å². The summed E-state index contributed by atoms with van der Waals surface area (Å²) < 4.78 is 11.3. The average molecular weight is 268 g/mol. The predicted octanol–water partition coefficient (Wildman–Crippen LogP) is 3.70. The zero-order valence-electron chi connectivity index (χ0n) is 12.8. The van der Waals surface area contributed by atoms with Crippen LogP contribution in [0.15, 0.2) is 0 Å². The number of rotatable bonds is 5. The Morgan fingerprint density at radius 1 is 1.32 bits per heavy atom. The van der Waals surface area contributed by atoms with E-state index in [1.165, 1.54) is 12.8 Å². The number of hydrogen-bond acceptors (Lipinski definition) is 3. The Bertz CT molecular complexity index is 329. The SMILES string of the molecule is CCCC1(C(=O)OCC)OC12CCC(C(C)C)CC2. The van der Waals surface area contributed by atoms with Crippen LogP contribution in [0.3, 0.4) is 0 Å². The van der Waals surface area contributed by atoms with Crippen molar-refractivity contribution in [3.8, 4) is 0 Å². The minimum absolute atomic E-state index is 0.125. The van der Waals surface area contributed by atoms with E-state index >= 15 is 0 Å². The fraction of sp³-hybridized carbons (Fsp3) is 0.938. The maximum atomic E-state index is 12.3. The summed E-state index contributed by atoms with van der Waals surface area (Å²) in [5.74, 6) is 1.40. The third kappa shape index (κ3) is 2.42. The van der Waals surface area contributed by atoms with E-state index < -0.39 is 5.60 Å². The van der Waals surface area contributed by atoms with E-state index in [0.29, 0.717) is 6.61 Å². The maximum absolute atomic E-state index is 12.3.